The Hall–Kier alpha value is -0.990. The average Bonchev–Trinajstić information content (AvgIpc) is 2.94. The molecule has 2 fully saturated rings. The first-order valence-electron chi connectivity index (χ1n) is 11.0. The van der Waals surface area contributed by atoms with Crippen molar-refractivity contribution >= 4 is 6.21 Å². The summed E-state index contributed by atoms with van der Waals surface area (Å²) in [5.74, 6) is 0.246. The van der Waals surface area contributed by atoms with Gasteiger partial charge in [0.15, 0.2) is 6.23 Å². The predicted octanol–water partition coefficient (Wildman–Crippen LogP) is 1.98. The number of nitrogens with one attached hydrogen (secondary N) is 2. The van der Waals surface area contributed by atoms with E-state index >= 15 is 0 Å². The lowest BCUT2D eigenvalue weighted by molar-refractivity contribution is -0.0761. The maximum absolute atomic E-state index is 11.4. The molecule has 0 aromatic rings. The molecule has 0 bridgehead atoms. The zero-order valence-corrected chi connectivity index (χ0v) is 19.0. The third-order valence-corrected chi connectivity index (χ3v) is 6.75. The van der Waals surface area contributed by atoms with Crippen LogP contribution in [0.4, 0.5) is 0 Å². The van der Waals surface area contributed by atoms with Gasteiger partial charge in [0, 0.05) is 30.6 Å². The van der Waals surface area contributed by atoms with Crippen LogP contribution in [-0.2, 0) is 9.57 Å². The van der Waals surface area contributed by atoms with Crippen molar-refractivity contribution in [2.24, 2.45) is 16.5 Å². The summed E-state index contributed by atoms with van der Waals surface area (Å²) in [6.07, 6.45) is 9.56. The summed E-state index contributed by atoms with van der Waals surface area (Å²) in [5, 5.41) is 21.8. The molecule has 0 radical (unpaired) electrons. The molecule has 0 amide bonds. The first-order valence-corrected chi connectivity index (χ1v) is 11.0. The van der Waals surface area contributed by atoms with E-state index < -0.39 is 5.60 Å². The molecule has 0 spiro atoms. The molecule has 2 aliphatic carbocycles. The van der Waals surface area contributed by atoms with E-state index in [4.69, 9.17) is 9.57 Å². The molecule has 7 nitrogen and oxygen atoms in total. The highest BCUT2D eigenvalue weighted by Gasteiger charge is 2.57. The number of hydrogen-bond donors (Lipinski definition) is 3. The Bertz CT molecular complexity index is 554. The molecule has 0 aromatic carbocycles. The lowest BCUT2D eigenvalue weighted by Crippen LogP contribution is -2.48. The van der Waals surface area contributed by atoms with E-state index in [2.05, 4.69) is 47.8 Å². The van der Waals surface area contributed by atoms with Gasteiger partial charge in [0.25, 0.3) is 0 Å². The van der Waals surface area contributed by atoms with Crippen LogP contribution in [0, 0.1) is 11.3 Å². The van der Waals surface area contributed by atoms with Gasteiger partial charge in [-0.2, -0.15) is 0 Å². The van der Waals surface area contributed by atoms with Gasteiger partial charge in [0.05, 0.1) is 18.8 Å². The number of oxime groups is 1. The minimum atomic E-state index is -0.646. The Morgan fingerprint density at radius 2 is 2.10 bits per heavy atom. The van der Waals surface area contributed by atoms with Crippen LogP contribution in [0.1, 0.15) is 45.4 Å². The fraction of sp³-hybridized carbons (Fsp3) is 0.864. The molecule has 29 heavy (non-hydrogen) atoms. The number of rotatable bonds is 12. The van der Waals surface area contributed by atoms with Gasteiger partial charge in [0.1, 0.15) is 0 Å². The summed E-state index contributed by atoms with van der Waals surface area (Å²) in [7, 11) is 7.85. The smallest absolute Gasteiger partial charge is 0.190 e. The molecule has 0 heterocycles. The van der Waals surface area contributed by atoms with Gasteiger partial charge < -0.3 is 24.9 Å². The van der Waals surface area contributed by atoms with Gasteiger partial charge in [-0.25, -0.2) is 0 Å². The maximum atomic E-state index is 11.4. The minimum Gasteiger partial charge on any atom is -0.389 e. The normalized spacial score (nSPS) is 32.2. The minimum absolute atomic E-state index is 0.141. The van der Waals surface area contributed by atoms with E-state index in [9.17, 15) is 5.11 Å². The monoisotopic (exact) mass is 410 g/mol. The molecule has 2 rings (SSSR count). The van der Waals surface area contributed by atoms with Gasteiger partial charge in [0.2, 0.25) is 0 Å². The fourth-order valence-electron chi connectivity index (χ4n) is 4.60. The molecule has 0 aromatic heterocycles. The zero-order chi connectivity index (χ0) is 21.3. The topological polar surface area (TPSA) is 78.3 Å². The highest BCUT2D eigenvalue weighted by atomic mass is 16.6. The third-order valence-electron chi connectivity index (χ3n) is 6.75. The van der Waals surface area contributed by atoms with E-state index in [0.29, 0.717) is 6.54 Å². The first kappa shape index (κ1) is 24.3. The molecule has 2 saturated carbocycles. The zero-order valence-electron chi connectivity index (χ0n) is 19.0. The van der Waals surface area contributed by atoms with Crippen LogP contribution in [-0.4, -0.2) is 82.5 Å². The Kier molecular flexibility index (Phi) is 9.56. The van der Waals surface area contributed by atoms with Crippen LogP contribution in [0.2, 0.25) is 0 Å². The number of nitrogens with zero attached hydrogens (tertiary/aromatic N) is 2. The van der Waals surface area contributed by atoms with Crippen molar-refractivity contribution in [3.63, 3.8) is 0 Å². The Balaban J connectivity index is 1.85. The van der Waals surface area contributed by atoms with Crippen LogP contribution in [0.5, 0.6) is 0 Å². The molecule has 1 unspecified atom stereocenters. The Morgan fingerprint density at radius 1 is 1.31 bits per heavy atom. The first-order chi connectivity index (χ1) is 13.8. The highest BCUT2D eigenvalue weighted by Crippen LogP contribution is 2.58. The van der Waals surface area contributed by atoms with E-state index in [1.54, 1.807) is 0 Å². The third kappa shape index (κ3) is 6.49. The predicted molar refractivity (Wildman–Crippen MR) is 118 cm³/mol. The van der Waals surface area contributed by atoms with Gasteiger partial charge in [-0.1, -0.05) is 23.7 Å². The second kappa shape index (κ2) is 11.4. The van der Waals surface area contributed by atoms with Crippen molar-refractivity contribution in [2.75, 3.05) is 54.5 Å². The van der Waals surface area contributed by atoms with Gasteiger partial charge in [-0.15, -0.1) is 0 Å². The van der Waals surface area contributed by atoms with Gasteiger partial charge >= 0.3 is 0 Å². The highest BCUT2D eigenvalue weighted by molar-refractivity contribution is 5.63. The Labute approximate surface area is 176 Å². The largest absolute Gasteiger partial charge is 0.389 e. The van der Waals surface area contributed by atoms with E-state index in [1.807, 2.05) is 20.3 Å². The number of aliphatic hydroxyl groups is 1. The summed E-state index contributed by atoms with van der Waals surface area (Å²) in [4.78, 5) is 7.68. The molecule has 0 aliphatic heterocycles. The van der Waals surface area contributed by atoms with Crippen molar-refractivity contribution in [2.45, 2.75) is 57.3 Å². The number of hydrogen-bond acceptors (Lipinski definition) is 7. The van der Waals surface area contributed by atoms with Gasteiger partial charge in [-0.05, 0) is 66.7 Å². The second-order valence-electron chi connectivity index (χ2n) is 9.03. The second-order valence-corrected chi connectivity index (χ2v) is 9.03. The van der Waals surface area contributed by atoms with Crippen molar-refractivity contribution in [3.05, 3.63) is 11.6 Å². The van der Waals surface area contributed by atoms with Crippen molar-refractivity contribution in [3.8, 4) is 0 Å². The number of ether oxygens (including phenoxy) is 1. The van der Waals surface area contributed by atoms with Crippen LogP contribution < -0.4 is 10.6 Å². The summed E-state index contributed by atoms with van der Waals surface area (Å²) < 4.78 is 5.68. The average molecular weight is 411 g/mol. The van der Waals surface area contributed by atoms with Crippen LogP contribution in [0.3, 0.4) is 0 Å². The molecule has 168 valence electrons. The molecule has 3 N–H and O–H groups in total. The molecule has 0 saturated heterocycles. The van der Waals surface area contributed by atoms with Crippen molar-refractivity contribution in [1.82, 2.24) is 15.5 Å². The van der Waals surface area contributed by atoms with Crippen LogP contribution >= 0.6 is 0 Å². The molecule has 4 atom stereocenters. The lowest BCUT2D eigenvalue weighted by atomic mass is 9.61. The van der Waals surface area contributed by atoms with Crippen LogP contribution in [0.15, 0.2) is 16.8 Å². The van der Waals surface area contributed by atoms with Crippen molar-refractivity contribution in [1.29, 1.82) is 0 Å². The summed E-state index contributed by atoms with van der Waals surface area (Å²) in [6, 6.07) is 0. The fourth-order valence-corrected chi connectivity index (χ4v) is 4.60. The van der Waals surface area contributed by atoms with E-state index in [0.717, 1.165) is 58.3 Å². The maximum Gasteiger partial charge on any atom is 0.190 e. The Morgan fingerprint density at radius 3 is 2.79 bits per heavy atom. The summed E-state index contributed by atoms with van der Waals surface area (Å²) >= 11 is 0. The standard InChI is InChI=1S/C22H42N4O3/c1-21-10-8-18(7-6-13-28-14-12-26(4)5)15-22(21,27)11-9-19(21)16-25-29-20(24-3)17-23-2/h7,16,19-20,23-24,27H,6,8-15,17H2,1-5H3/b18-7+,25-16?/t19-,20?,21-,22+/m1/s1. The van der Waals surface area contributed by atoms with Crippen molar-refractivity contribution < 1.29 is 14.7 Å². The summed E-state index contributed by atoms with van der Waals surface area (Å²) in [6.45, 7) is 5.38. The number of fused-ring (bicyclic) bond motifs is 1. The van der Waals surface area contributed by atoms with Crippen LogP contribution in [0.25, 0.3) is 0 Å². The van der Waals surface area contributed by atoms with Gasteiger partial charge in [-0.3, -0.25) is 5.32 Å². The SMILES string of the molecule is CNCC(NC)ON=C[C@H]1CC[C@]2(O)C/C(=C/CCOCCN(C)C)CC[C@]12C. The summed E-state index contributed by atoms with van der Waals surface area (Å²) in [5.41, 5.74) is 0.587. The molecular weight excluding hydrogens is 368 g/mol. The molecule has 7 heteroatoms. The quantitative estimate of drug-likeness (QED) is 0.150. The lowest BCUT2D eigenvalue weighted by Gasteiger charge is -2.47. The molecule has 2 aliphatic rings. The van der Waals surface area contributed by atoms with E-state index in [-0.39, 0.29) is 17.6 Å². The molecular formula is C22H42N4O3. The number of likely N-dealkylation sites (N-methyl/N-ethyl adjacent to an activating group) is 3. The van der Waals surface area contributed by atoms with E-state index in [1.165, 1.54) is 5.57 Å².